The van der Waals surface area contributed by atoms with E-state index in [1.54, 1.807) is 19.2 Å². The Kier molecular flexibility index (Phi) is 6.80. The molecule has 0 saturated carbocycles. The summed E-state index contributed by atoms with van der Waals surface area (Å²) < 4.78 is 10.5. The Labute approximate surface area is 114 Å². The molecule has 0 bridgehead atoms. The van der Waals surface area contributed by atoms with Crippen molar-refractivity contribution in [3.63, 3.8) is 0 Å². The fourth-order valence-corrected chi connectivity index (χ4v) is 1.52. The number of aliphatic hydroxyl groups is 1. The monoisotopic (exact) mass is 263 g/mol. The SMILES string of the molecule is C#CC(CC)NCC(O)COc1ccc(OC)cc1. The number of methoxy groups -OCH3 is 1. The molecule has 4 nitrogen and oxygen atoms in total. The largest absolute Gasteiger partial charge is 0.497 e. The van der Waals surface area contributed by atoms with E-state index in [9.17, 15) is 5.11 Å². The van der Waals surface area contributed by atoms with Crippen molar-refractivity contribution in [3.8, 4) is 23.8 Å². The van der Waals surface area contributed by atoms with Gasteiger partial charge < -0.3 is 19.9 Å². The molecular formula is C15H21NO3. The van der Waals surface area contributed by atoms with Gasteiger partial charge in [-0.15, -0.1) is 6.42 Å². The van der Waals surface area contributed by atoms with E-state index in [1.165, 1.54) is 0 Å². The first-order valence-corrected chi connectivity index (χ1v) is 6.34. The fraction of sp³-hybridized carbons (Fsp3) is 0.467. The fourth-order valence-electron chi connectivity index (χ4n) is 1.52. The summed E-state index contributed by atoms with van der Waals surface area (Å²) in [5, 5.41) is 12.9. The molecule has 0 spiro atoms. The van der Waals surface area contributed by atoms with Crippen molar-refractivity contribution < 1.29 is 14.6 Å². The van der Waals surface area contributed by atoms with Gasteiger partial charge >= 0.3 is 0 Å². The summed E-state index contributed by atoms with van der Waals surface area (Å²) in [5.74, 6) is 4.09. The topological polar surface area (TPSA) is 50.7 Å². The molecule has 2 N–H and O–H groups in total. The summed E-state index contributed by atoms with van der Waals surface area (Å²) in [6, 6.07) is 7.22. The van der Waals surface area contributed by atoms with Crippen LogP contribution in [0.3, 0.4) is 0 Å². The molecular weight excluding hydrogens is 242 g/mol. The molecule has 2 atom stereocenters. The Hall–Kier alpha value is -1.70. The van der Waals surface area contributed by atoms with Crippen molar-refractivity contribution in [1.29, 1.82) is 0 Å². The predicted octanol–water partition coefficient (Wildman–Crippen LogP) is 1.44. The maximum Gasteiger partial charge on any atom is 0.119 e. The zero-order valence-electron chi connectivity index (χ0n) is 11.4. The quantitative estimate of drug-likeness (QED) is 0.697. The number of terminal acetylenes is 1. The molecule has 2 unspecified atom stereocenters. The third-order valence-corrected chi connectivity index (χ3v) is 2.71. The van der Waals surface area contributed by atoms with Gasteiger partial charge in [-0.05, 0) is 30.7 Å². The molecule has 0 aliphatic rings. The molecule has 0 radical (unpaired) electrons. The first-order valence-electron chi connectivity index (χ1n) is 6.34. The van der Waals surface area contributed by atoms with Crippen molar-refractivity contribution in [3.05, 3.63) is 24.3 Å². The molecule has 0 aromatic heterocycles. The van der Waals surface area contributed by atoms with Gasteiger partial charge in [0, 0.05) is 6.54 Å². The van der Waals surface area contributed by atoms with Gasteiger partial charge in [0.15, 0.2) is 0 Å². The second-order valence-electron chi connectivity index (χ2n) is 4.18. The van der Waals surface area contributed by atoms with Gasteiger partial charge in [0.2, 0.25) is 0 Å². The summed E-state index contributed by atoms with van der Waals surface area (Å²) in [7, 11) is 1.61. The lowest BCUT2D eigenvalue weighted by molar-refractivity contribution is 0.105. The van der Waals surface area contributed by atoms with Crippen LogP contribution in [-0.4, -0.2) is 37.5 Å². The lowest BCUT2D eigenvalue weighted by atomic mass is 10.2. The van der Waals surface area contributed by atoms with Crippen LogP contribution < -0.4 is 14.8 Å². The van der Waals surface area contributed by atoms with Crippen LogP contribution in [0.15, 0.2) is 24.3 Å². The molecule has 0 aliphatic heterocycles. The third-order valence-electron chi connectivity index (χ3n) is 2.71. The van der Waals surface area contributed by atoms with Gasteiger partial charge in [0.25, 0.3) is 0 Å². The van der Waals surface area contributed by atoms with E-state index in [0.717, 1.165) is 12.2 Å². The van der Waals surface area contributed by atoms with Crippen LogP contribution in [0, 0.1) is 12.3 Å². The van der Waals surface area contributed by atoms with Crippen LogP contribution in [0.2, 0.25) is 0 Å². The summed E-state index contributed by atoms with van der Waals surface area (Å²) in [4.78, 5) is 0. The highest BCUT2D eigenvalue weighted by atomic mass is 16.5. The second kappa shape index (κ2) is 8.41. The lowest BCUT2D eigenvalue weighted by Gasteiger charge is -2.16. The van der Waals surface area contributed by atoms with Gasteiger partial charge in [-0.25, -0.2) is 0 Å². The molecule has 0 heterocycles. The van der Waals surface area contributed by atoms with Gasteiger partial charge in [0.1, 0.15) is 24.2 Å². The number of aliphatic hydroxyl groups excluding tert-OH is 1. The average Bonchev–Trinajstić information content (AvgIpc) is 2.46. The van der Waals surface area contributed by atoms with Crippen LogP contribution in [0.5, 0.6) is 11.5 Å². The van der Waals surface area contributed by atoms with Crippen LogP contribution >= 0.6 is 0 Å². The van der Waals surface area contributed by atoms with Gasteiger partial charge in [0.05, 0.1) is 13.2 Å². The Balaban J connectivity index is 2.29. The van der Waals surface area contributed by atoms with E-state index in [-0.39, 0.29) is 12.6 Å². The highest BCUT2D eigenvalue weighted by Gasteiger charge is 2.08. The Bertz CT molecular complexity index is 397. The normalized spacial score (nSPS) is 13.4. The van der Waals surface area contributed by atoms with Crippen molar-refractivity contribution in [1.82, 2.24) is 5.32 Å². The Morgan fingerprint density at radius 3 is 2.47 bits per heavy atom. The Morgan fingerprint density at radius 1 is 1.32 bits per heavy atom. The highest BCUT2D eigenvalue weighted by molar-refractivity contribution is 5.31. The van der Waals surface area contributed by atoms with Crippen LogP contribution in [0.1, 0.15) is 13.3 Å². The predicted molar refractivity (Wildman–Crippen MR) is 75.4 cm³/mol. The third kappa shape index (κ3) is 5.64. The van der Waals surface area contributed by atoms with Crippen molar-refractivity contribution in [2.24, 2.45) is 0 Å². The number of ether oxygens (including phenoxy) is 2. The maximum atomic E-state index is 9.77. The number of hydrogen-bond acceptors (Lipinski definition) is 4. The standard InChI is InChI=1S/C15H21NO3/c1-4-12(5-2)16-10-13(17)11-19-15-8-6-14(18-3)7-9-15/h1,6-9,12-13,16-17H,5,10-11H2,2-3H3. The second-order valence-corrected chi connectivity index (χ2v) is 4.18. The smallest absolute Gasteiger partial charge is 0.119 e. The maximum absolute atomic E-state index is 9.77. The van der Waals surface area contributed by atoms with Crippen molar-refractivity contribution >= 4 is 0 Å². The summed E-state index contributed by atoms with van der Waals surface area (Å²) in [6.07, 6.45) is 5.57. The minimum atomic E-state index is -0.593. The zero-order chi connectivity index (χ0) is 14.1. The molecule has 0 aliphatic carbocycles. The van der Waals surface area contributed by atoms with E-state index in [1.807, 2.05) is 19.1 Å². The molecule has 19 heavy (non-hydrogen) atoms. The zero-order valence-corrected chi connectivity index (χ0v) is 11.4. The van der Waals surface area contributed by atoms with Crippen LogP contribution in [-0.2, 0) is 0 Å². The molecule has 0 saturated heterocycles. The number of hydrogen-bond donors (Lipinski definition) is 2. The number of rotatable bonds is 8. The first-order chi connectivity index (χ1) is 9.19. The number of nitrogens with one attached hydrogen (secondary N) is 1. The minimum Gasteiger partial charge on any atom is -0.497 e. The minimum absolute atomic E-state index is 0.00404. The molecule has 4 heteroatoms. The van der Waals surface area contributed by atoms with Crippen LogP contribution in [0.25, 0.3) is 0 Å². The van der Waals surface area contributed by atoms with Crippen molar-refractivity contribution in [2.75, 3.05) is 20.3 Å². The molecule has 0 fully saturated rings. The summed E-state index contributed by atoms with van der Waals surface area (Å²) in [5.41, 5.74) is 0. The molecule has 104 valence electrons. The van der Waals surface area contributed by atoms with Crippen LogP contribution in [0.4, 0.5) is 0 Å². The highest BCUT2D eigenvalue weighted by Crippen LogP contribution is 2.16. The van der Waals surface area contributed by atoms with Gasteiger partial charge in [-0.1, -0.05) is 12.8 Å². The molecule has 1 rings (SSSR count). The lowest BCUT2D eigenvalue weighted by Crippen LogP contribution is -2.37. The van der Waals surface area contributed by atoms with E-state index in [2.05, 4.69) is 11.2 Å². The number of benzene rings is 1. The molecule has 1 aromatic carbocycles. The molecule has 0 amide bonds. The van der Waals surface area contributed by atoms with Gasteiger partial charge in [-0.2, -0.15) is 0 Å². The first kappa shape index (κ1) is 15.4. The van der Waals surface area contributed by atoms with Gasteiger partial charge in [-0.3, -0.25) is 0 Å². The van der Waals surface area contributed by atoms with E-state index < -0.39 is 6.10 Å². The molecule has 1 aromatic rings. The van der Waals surface area contributed by atoms with E-state index >= 15 is 0 Å². The average molecular weight is 263 g/mol. The summed E-state index contributed by atoms with van der Waals surface area (Å²) in [6.45, 7) is 2.64. The van der Waals surface area contributed by atoms with Crippen molar-refractivity contribution in [2.45, 2.75) is 25.5 Å². The summed E-state index contributed by atoms with van der Waals surface area (Å²) >= 11 is 0. The van der Waals surface area contributed by atoms with E-state index in [0.29, 0.717) is 12.3 Å². The Morgan fingerprint density at radius 2 is 1.95 bits per heavy atom. The van der Waals surface area contributed by atoms with E-state index in [4.69, 9.17) is 15.9 Å².